The highest BCUT2D eigenvalue weighted by Gasteiger charge is 2.09. The molecule has 0 spiro atoms. The van der Waals surface area contributed by atoms with Gasteiger partial charge in [-0.05, 0) is 36.2 Å². The number of benzene rings is 2. The minimum absolute atomic E-state index is 0.0201. The van der Waals surface area contributed by atoms with Gasteiger partial charge in [0.1, 0.15) is 18.2 Å². The van der Waals surface area contributed by atoms with E-state index in [1.165, 1.54) is 24.3 Å². The van der Waals surface area contributed by atoms with Crippen molar-refractivity contribution < 1.29 is 17.5 Å². The fraction of sp³-hybridized carbons (Fsp3) is 0.250. The van der Waals surface area contributed by atoms with Crippen molar-refractivity contribution in [3.05, 3.63) is 66.0 Å². The lowest BCUT2D eigenvalue weighted by Gasteiger charge is -2.08. The summed E-state index contributed by atoms with van der Waals surface area (Å²) in [7, 11) is -3.38. The molecular formula is C16H18FNO3S. The molecule has 0 aliphatic carbocycles. The molecule has 0 fully saturated rings. The summed E-state index contributed by atoms with van der Waals surface area (Å²) < 4.78 is 44.2. The Balaban J connectivity index is 1.71. The third kappa shape index (κ3) is 5.83. The highest BCUT2D eigenvalue weighted by molar-refractivity contribution is 7.89. The third-order valence-electron chi connectivity index (χ3n) is 3.01. The fourth-order valence-electron chi connectivity index (χ4n) is 1.87. The van der Waals surface area contributed by atoms with Gasteiger partial charge < -0.3 is 4.74 Å². The highest BCUT2D eigenvalue weighted by Crippen LogP contribution is 2.10. The molecule has 6 heteroatoms. The molecule has 0 bridgehead atoms. The van der Waals surface area contributed by atoms with Crippen LogP contribution in [0, 0.1) is 5.82 Å². The van der Waals surface area contributed by atoms with Gasteiger partial charge >= 0.3 is 0 Å². The summed E-state index contributed by atoms with van der Waals surface area (Å²) in [5.41, 5.74) is 1.08. The zero-order valence-corrected chi connectivity index (χ0v) is 12.9. The zero-order valence-electron chi connectivity index (χ0n) is 12.0. The minimum atomic E-state index is -3.38. The Morgan fingerprint density at radius 1 is 1.00 bits per heavy atom. The van der Waals surface area contributed by atoms with Gasteiger partial charge in [-0.1, -0.05) is 30.3 Å². The van der Waals surface area contributed by atoms with Crippen molar-refractivity contribution >= 4 is 10.0 Å². The Morgan fingerprint density at radius 3 is 2.36 bits per heavy atom. The number of nitrogens with one attached hydrogen (secondary N) is 1. The van der Waals surface area contributed by atoms with Crippen LogP contribution in [-0.2, 0) is 16.4 Å². The summed E-state index contributed by atoms with van der Waals surface area (Å²) in [6.07, 6.45) is 0.638. The summed E-state index contributed by atoms with van der Waals surface area (Å²) in [5, 5.41) is 0. The van der Waals surface area contributed by atoms with Gasteiger partial charge in [0.15, 0.2) is 0 Å². The van der Waals surface area contributed by atoms with E-state index in [-0.39, 0.29) is 18.2 Å². The Hall–Kier alpha value is -1.92. The second-order valence-electron chi connectivity index (χ2n) is 4.75. The predicted octanol–water partition coefficient (Wildman–Crippen LogP) is 2.37. The SMILES string of the molecule is O=S(=O)(CCOc1ccc(F)cc1)NCCc1ccccc1. The number of sulfonamides is 1. The van der Waals surface area contributed by atoms with Crippen LogP contribution in [0.15, 0.2) is 54.6 Å². The third-order valence-corrected chi connectivity index (χ3v) is 4.36. The summed E-state index contributed by atoms with van der Waals surface area (Å²) in [6.45, 7) is 0.370. The molecule has 0 aliphatic rings. The van der Waals surface area contributed by atoms with E-state index >= 15 is 0 Å². The molecule has 0 saturated carbocycles. The van der Waals surface area contributed by atoms with Gasteiger partial charge in [-0.3, -0.25) is 0 Å². The van der Waals surface area contributed by atoms with E-state index in [1.807, 2.05) is 30.3 Å². The maximum atomic E-state index is 12.7. The molecule has 0 unspecified atom stereocenters. The van der Waals surface area contributed by atoms with E-state index in [2.05, 4.69) is 4.72 Å². The zero-order chi connectivity index (χ0) is 15.8. The molecule has 22 heavy (non-hydrogen) atoms. The van der Waals surface area contributed by atoms with Crippen molar-refractivity contribution in [2.45, 2.75) is 6.42 Å². The normalized spacial score (nSPS) is 11.3. The summed E-state index contributed by atoms with van der Waals surface area (Å²) >= 11 is 0. The molecular weight excluding hydrogens is 305 g/mol. The van der Waals surface area contributed by atoms with Gasteiger partial charge in [0.2, 0.25) is 10.0 Å². The number of hydrogen-bond donors (Lipinski definition) is 1. The molecule has 2 aromatic rings. The van der Waals surface area contributed by atoms with Gasteiger partial charge in [-0.25, -0.2) is 17.5 Å². The number of hydrogen-bond acceptors (Lipinski definition) is 3. The molecule has 0 aromatic heterocycles. The van der Waals surface area contributed by atoms with E-state index in [9.17, 15) is 12.8 Å². The van der Waals surface area contributed by atoms with Crippen molar-refractivity contribution in [1.29, 1.82) is 0 Å². The topological polar surface area (TPSA) is 55.4 Å². The van der Waals surface area contributed by atoms with Crippen molar-refractivity contribution in [3.8, 4) is 5.75 Å². The Kier molecular flexibility index (Phi) is 5.91. The fourth-order valence-corrected chi connectivity index (χ4v) is 2.73. The van der Waals surface area contributed by atoms with Crippen molar-refractivity contribution in [2.75, 3.05) is 18.9 Å². The molecule has 0 radical (unpaired) electrons. The van der Waals surface area contributed by atoms with Crippen molar-refractivity contribution in [2.24, 2.45) is 0 Å². The van der Waals surface area contributed by atoms with Crippen LogP contribution in [0.25, 0.3) is 0 Å². The summed E-state index contributed by atoms with van der Waals surface area (Å²) in [4.78, 5) is 0. The van der Waals surface area contributed by atoms with Crippen LogP contribution in [0.3, 0.4) is 0 Å². The molecule has 118 valence electrons. The average molecular weight is 323 g/mol. The lowest BCUT2D eigenvalue weighted by atomic mass is 10.2. The largest absolute Gasteiger partial charge is 0.492 e. The van der Waals surface area contributed by atoms with Gasteiger partial charge in [0.25, 0.3) is 0 Å². The molecule has 0 saturated heterocycles. The van der Waals surface area contributed by atoms with Gasteiger partial charge in [-0.2, -0.15) is 0 Å². The minimum Gasteiger partial charge on any atom is -0.492 e. The van der Waals surface area contributed by atoms with Crippen LogP contribution in [0.4, 0.5) is 4.39 Å². The molecule has 0 amide bonds. The molecule has 1 N–H and O–H groups in total. The van der Waals surface area contributed by atoms with Crippen molar-refractivity contribution in [3.63, 3.8) is 0 Å². The van der Waals surface area contributed by atoms with Crippen LogP contribution in [-0.4, -0.2) is 27.3 Å². The van der Waals surface area contributed by atoms with E-state index in [4.69, 9.17) is 4.74 Å². The van der Waals surface area contributed by atoms with Crippen LogP contribution < -0.4 is 9.46 Å². The van der Waals surface area contributed by atoms with E-state index in [0.29, 0.717) is 18.7 Å². The van der Waals surface area contributed by atoms with Crippen LogP contribution in [0.1, 0.15) is 5.56 Å². The first kappa shape index (κ1) is 16.5. The summed E-state index contributed by atoms with van der Waals surface area (Å²) in [6, 6.07) is 15.1. The summed E-state index contributed by atoms with van der Waals surface area (Å²) in [5.74, 6) is -0.0532. The lowest BCUT2D eigenvalue weighted by Crippen LogP contribution is -2.30. The number of ether oxygens (including phenoxy) is 1. The second kappa shape index (κ2) is 7.91. The molecule has 2 aromatic carbocycles. The Morgan fingerprint density at radius 2 is 1.68 bits per heavy atom. The number of rotatable bonds is 8. The first-order valence-corrected chi connectivity index (χ1v) is 8.60. The van der Waals surface area contributed by atoms with Gasteiger partial charge in [0, 0.05) is 6.54 Å². The van der Waals surface area contributed by atoms with Crippen molar-refractivity contribution in [1.82, 2.24) is 4.72 Å². The smallest absolute Gasteiger partial charge is 0.214 e. The van der Waals surface area contributed by atoms with Crippen LogP contribution >= 0.6 is 0 Å². The van der Waals surface area contributed by atoms with E-state index in [0.717, 1.165) is 5.56 Å². The first-order chi connectivity index (χ1) is 10.6. The maximum Gasteiger partial charge on any atom is 0.214 e. The second-order valence-corrected chi connectivity index (χ2v) is 6.68. The number of halogens is 1. The van der Waals surface area contributed by atoms with Gasteiger partial charge in [0.05, 0.1) is 5.75 Å². The average Bonchev–Trinajstić information content (AvgIpc) is 2.50. The molecule has 2 rings (SSSR count). The molecule has 0 aliphatic heterocycles. The maximum absolute atomic E-state index is 12.7. The van der Waals surface area contributed by atoms with Gasteiger partial charge in [-0.15, -0.1) is 0 Å². The van der Waals surface area contributed by atoms with E-state index in [1.54, 1.807) is 0 Å². The molecule has 4 nitrogen and oxygen atoms in total. The standard InChI is InChI=1S/C16H18FNO3S/c17-15-6-8-16(9-7-15)21-12-13-22(19,20)18-11-10-14-4-2-1-3-5-14/h1-9,18H,10-13H2. The predicted molar refractivity (Wildman–Crippen MR) is 83.8 cm³/mol. The quantitative estimate of drug-likeness (QED) is 0.811. The molecule has 0 atom stereocenters. The Bertz CT molecular complexity index is 672. The van der Waals surface area contributed by atoms with E-state index < -0.39 is 10.0 Å². The van der Waals surface area contributed by atoms with Crippen LogP contribution in [0.5, 0.6) is 5.75 Å². The molecule has 0 heterocycles. The first-order valence-electron chi connectivity index (χ1n) is 6.95. The van der Waals surface area contributed by atoms with Crippen LogP contribution in [0.2, 0.25) is 0 Å². The Labute approximate surface area is 130 Å². The highest BCUT2D eigenvalue weighted by atomic mass is 32.2. The lowest BCUT2D eigenvalue weighted by molar-refractivity contribution is 0.339. The monoisotopic (exact) mass is 323 g/mol.